The van der Waals surface area contributed by atoms with Gasteiger partial charge in [-0.2, -0.15) is 0 Å². The molecular weight excluding hydrogens is 340 g/mol. The summed E-state index contributed by atoms with van der Waals surface area (Å²) in [6.07, 6.45) is 2.97. The summed E-state index contributed by atoms with van der Waals surface area (Å²) in [5.41, 5.74) is 5.04. The highest BCUT2D eigenvalue weighted by molar-refractivity contribution is 6.02. The van der Waals surface area contributed by atoms with Crippen molar-refractivity contribution in [1.82, 2.24) is 9.97 Å². The molecule has 0 saturated heterocycles. The zero-order valence-corrected chi connectivity index (χ0v) is 15.8. The van der Waals surface area contributed by atoms with Crippen LogP contribution < -0.4 is 15.4 Å². The van der Waals surface area contributed by atoms with Crippen LogP contribution in [0.25, 0.3) is 0 Å². The van der Waals surface area contributed by atoms with E-state index < -0.39 is 0 Å². The van der Waals surface area contributed by atoms with Crippen LogP contribution in [0.5, 0.6) is 5.75 Å². The van der Waals surface area contributed by atoms with Crippen LogP contribution in [0.3, 0.4) is 0 Å². The average molecular weight is 362 g/mol. The summed E-state index contributed by atoms with van der Waals surface area (Å²) in [4.78, 5) is 20.9. The van der Waals surface area contributed by atoms with Gasteiger partial charge in [0.05, 0.1) is 25.2 Å². The van der Waals surface area contributed by atoms with E-state index in [1.165, 1.54) is 12.4 Å². The molecule has 0 spiro atoms. The fourth-order valence-corrected chi connectivity index (χ4v) is 2.81. The summed E-state index contributed by atoms with van der Waals surface area (Å²) in [6, 6.07) is 11.7. The molecular formula is C21H22N4O2. The van der Waals surface area contributed by atoms with E-state index in [-0.39, 0.29) is 11.6 Å². The van der Waals surface area contributed by atoms with E-state index >= 15 is 0 Å². The van der Waals surface area contributed by atoms with Crippen LogP contribution in [0, 0.1) is 20.8 Å². The summed E-state index contributed by atoms with van der Waals surface area (Å²) in [5, 5.41) is 6.02. The number of aryl methyl sites for hydroxylation is 3. The van der Waals surface area contributed by atoms with E-state index in [1.807, 2.05) is 51.1 Å². The van der Waals surface area contributed by atoms with Crippen molar-refractivity contribution >= 4 is 23.1 Å². The highest BCUT2D eigenvalue weighted by Gasteiger charge is 2.10. The number of hydrogen-bond donors (Lipinski definition) is 2. The summed E-state index contributed by atoms with van der Waals surface area (Å²) < 4.78 is 5.35. The standard InChI is InChI=1S/C21H22N4O2/c1-13-5-6-19(27-4)17(10-13)25-20-12-22-18(11-23-20)21(26)24-16-8-14(2)7-15(3)9-16/h5-12H,1-4H3,(H,23,25)(H,24,26). The molecule has 0 aliphatic rings. The largest absolute Gasteiger partial charge is 0.495 e. The third kappa shape index (κ3) is 4.61. The Balaban J connectivity index is 1.73. The van der Waals surface area contributed by atoms with Crippen molar-refractivity contribution in [3.05, 3.63) is 71.2 Å². The number of ether oxygens (including phenoxy) is 1. The maximum Gasteiger partial charge on any atom is 0.275 e. The van der Waals surface area contributed by atoms with Gasteiger partial charge in [0, 0.05) is 5.69 Å². The van der Waals surface area contributed by atoms with Crippen LogP contribution in [0.1, 0.15) is 27.2 Å². The zero-order valence-electron chi connectivity index (χ0n) is 15.8. The number of carbonyl (C=O) groups excluding carboxylic acids is 1. The van der Waals surface area contributed by atoms with Gasteiger partial charge in [0.15, 0.2) is 0 Å². The number of benzene rings is 2. The predicted octanol–water partition coefficient (Wildman–Crippen LogP) is 4.41. The minimum Gasteiger partial charge on any atom is -0.495 e. The fourth-order valence-electron chi connectivity index (χ4n) is 2.81. The lowest BCUT2D eigenvalue weighted by atomic mass is 10.1. The zero-order chi connectivity index (χ0) is 19.4. The van der Waals surface area contributed by atoms with Gasteiger partial charge in [-0.25, -0.2) is 9.97 Å². The monoisotopic (exact) mass is 362 g/mol. The number of hydrogen-bond acceptors (Lipinski definition) is 5. The molecule has 6 heteroatoms. The van der Waals surface area contributed by atoms with Crippen molar-refractivity contribution in [2.24, 2.45) is 0 Å². The van der Waals surface area contributed by atoms with Crippen LogP contribution in [-0.2, 0) is 0 Å². The first-order valence-electron chi connectivity index (χ1n) is 8.58. The van der Waals surface area contributed by atoms with Crippen molar-refractivity contribution in [3.63, 3.8) is 0 Å². The maximum absolute atomic E-state index is 12.4. The Morgan fingerprint density at radius 2 is 1.67 bits per heavy atom. The van der Waals surface area contributed by atoms with Crippen LogP contribution in [-0.4, -0.2) is 23.0 Å². The summed E-state index contributed by atoms with van der Waals surface area (Å²) >= 11 is 0. The Bertz CT molecular complexity index is 948. The van der Waals surface area contributed by atoms with Gasteiger partial charge in [0.25, 0.3) is 5.91 Å². The van der Waals surface area contributed by atoms with Crippen molar-refractivity contribution in [1.29, 1.82) is 0 Å². The minimum atomic E-state index is -0.299. The maximum atomic E-state index is 12.4. The third-order valence-corrected chi connectivity index (χ3v) is 3.98. The SMILES string of the molecule is COc1ccc(C)cc1Nc1cnc(C(=O)Nc2cc(C)cc(C)c2)cn1. The molecule has 2 aromatic carbocycles. The Labute approximate surface area is 158 Å². The molecule has 3 aromatic rings. The predicted molar refractivity (Wildman–Crippen MR) is 107 cm³/mol. The summed E-state index contributed by atoms with van der Waals surface area (Å²) in [5.74, 6) is 0.938. The van der Waals surface area contributed by atoms with Gasteiger partial charge in [-0.3, -0.25) is 4.79 Å². The first-order chi connectivity index (χ1) is 12.9. The molecule has 2 N–H and O–H groups in total. The summed E-state index contributed by atoms with van der Waals surface area (Å²) in [6.45, 7) is 5.97. The van der Waals surface area contributed by atoms with Crippen LogP contribution in [0.2, 0.25) is 0 Å². The van der Waals surface area contributed by atoms with Gasteiger partial charge in [0.1, 0.15) is 17.3 Å². The number of nitrogens with one attached hydrogen (secondary N) is 2. The van der Waals surface area contributed by atoms with E-state index in [4.69, 9.17) is 4.74 Å². The lowest BCUT2D eigenvalue weighted by Gasteiger charge is -2.11. The number of rotatable bonds is 5. The minimum absolute atomic E-state index is 0.246. The molecule has 0 aliphatic heterocycles. The molecule has 3 rings (SSSR count). The van der Waals surface area contributed by atoms with Crippen LogP contribution in [0.15, 0.2) is 48.8 Å². The number of nitrogens with zero attached hydrogens (tertiary/aromatic N) is 2. The van der Waals surface area contributed by atoms with Gasteiger partial charge >= 0.3 is 0 Å². The molecule has 0 atom stereocenters. The Kier molecular flexibility index (Phi) is 5.35. The topological polar surface area (TPSA) is 76.1 Å². The van der Waals surface area contributed by atoms with Gasteiger partial charge in [-0.05, 0) is 61.7 Å². The van der Waals surface area contributed by atoms with Crippen LogP contribution >= 0.6 is 0 Å². The Hall–Kier alpha value is -3.41. The molecule has 0 saturated carbocycles. The van der Waals surface area contributed by atoms with Gasteiger partial charge in [0.2, 0.25) is 0 Å². The van der Waals surface area contributed by atoms with E-state index in [0.29, 0.717) is 11.6 Å². The molecule has 0 bridgehead atoms. The molecule has 1 heterocycles. The van der Waals surface area contributed by atoms with Crippen molar-refractivity contribution in [3.8, 4) is 5.75 Å². The molecule has 0 fully saturated rings. The van der Waals surface area contributed by atoms with Crippen molar-refractivity contribution < 1.29 is 9.53 Å². The van der Waals surface area contributed by atoms with E-state index in [1.54, 1.807) is 7.11 Å². The molecule has 138 valence electrons. The second-order valence-corrected chi connectivity index (χ2v) is 6.45. The van der Waals surface area contributed by atoms with Crippen molar-refractivity contribution in [2.45, 2.75) is 20.8 Å². The summed E-state index contributed by atoms with van der Waals surface area (Å²) in [7, 11) is 1.61. The second-order valence-electron chi connectivity index (χ2n) is 6.45. The van der Waals surface area contributed by atoms with E-state index in [9.17, 15) is 4.79 Å². The molecule has 27 heavy (non-hydrogen) atoms. The normalized spacial score (nSPS) is 10.4. The van der Waals surface area contributed by atoms with Gasteiger partial charge in [-0.15, -0.1) is 0 Å². The number of methoxy groups -OCH3 is 1. The average Bonchev–Trinajstić information content (AvgIpc) is 2.61. The molecule has 0 radical (unpaired) electrons. The molecule has 1 amide bonds. The van der Waals surface area contributed by atoms with Gasteiger partial charge < -0.3 is 15.4 Å². The quantitative estimate of drug-likeness (QED) is 0.703. The van der Waals surface area contributed by atoms with Crippen molar-refractivity contribution in [2.75, 3.05) is 17.7 Å². The molecule has 0 aliphatic carbocycles. The first kappa shape index (κ1) is 18.4. The highest BCUT2D eigenvalue weighted by atomic mass is 16.5. The molecule has 1 aromatic heterocycles. The number of amides is 1. The fraction of sp³-hybridized carbons (Fsp3) is 0.190. The van der Waals surface area contributed by atoms with Crippen LogP contribution in [0.4, 0.5) is 17.2 Å². The lowest BCUT2D eigenvalue weighted by molar-refractivity contribution is 0.102. The Morgan fingerprint density at radius 3 is 2.30 bits per heavy atom. The first-order valence-corrected chi connectivity index (χ1v) is 8.58. The molecule has 0 unspecified atom stereocenters. The number of carbonyl (C=O) groups is 1. The van der Waals surface area contributed by atoms with Gasteiger partial charge in [-0.1, -0.05) is 12.1 Å². The number of anilines is 3. The van der Waals surface area contributed by atoms with E-state index in [0.717, 1.165) is 28.1 Å². The highest BCUT2D eigenvalue weighted by Crippen LogP contribution is 2.27. The number of aromatic nitrogens is 2. The Morgan fingerprint density at radius 1 is 0.926 bits per heavy atom. The second kappa shape index (κ2) is 7.86. The lowest BCUT2D eigenvalue weighted by Crippen LogP contribution is -2.14. The smallest absolute Gasteiger partial charge is 0.275 e. The third-order valence-electron chi connectivity index (χ3n) is 3.98. The van der Waals surface area contributed by atoms with E-state index in [2.05, 4.69) is 26.7 Å². The molecule has 6 nitrogen and oxygen atoms in total.